The van der Waals surface area contributed by atoms with Crippen molar-refractivity contribution in [3.05, 3.63) is 0 Å². The molecule has 0 saturated heterocycles. The summed E-state index contributed by atoms with van der Waals surface area (Å²) in [4.78, 5) is 0. The summed E-state index contributed by atoms with van der Waals surface area (Å²) in [6, 6.07) is 0. The number of alkyl halides is 12. The van der Waals surface area contributed by atoms with Crippen LogP contribution in [0.2, 0.25) is 0 Å². The van der Waals surface area contributed by atoms with Crippen LogP contribution in [0, 0.1) is 0 Å². The molecule has 0 heterocycles. The van der Waals surface area contributed by atoms with Gasteiger partial charge in [0.2, 0.25) is 0 Å². The van der Waals surface area contributed by atoms with Crippen molar-refractivity contribution >= 4 is 7.85 Å². The van der Waals surface area contributed by atoms with E-state index in [1.54, 1.807) is 0 Å². The fraction of sp³-hybridized carbons (Fsp3) is 1.00. The van der Waals surface area contributed by atoms with Gasteiger partial charge in [-0.15, -0.1) is 0 Å². The molecule has 0 atom stereocenters. The quantitative estimate of drug-likeness (QED) is 0.321. The van der Waals surface area contributed by atoms with Crippen LogP contribution in [0.25, 0.3) is 0 Å². The van der Waals surface area contributed by atoms with Gasteiger partial charge in [0.15, 0.2) is 0 Å². The monoisotopic (exact) mass is 410 g/mol. The van der Waals surface area contributed by atoms with Crippen LogP contribution in [0.3, 0.4) is 0 Å². The van der Waals surface area contributed by atoms with E-state index in [9.17, 15) is 69.5 Å². The first-order valence-electron chi connectivity index (χ1n) is 4.49. The molecule has 0 amide bonds. The number of rotatable bonds is 1. The molecule has 0 aromatic heterocycles. The largest absolute Gasteiger partial charge is 0.397 e. The summed E-state index contributed by atoms with van der Waals surface area (Å²) in [7, 11) is -9.78. The SMILES string of the molecule is FC(F)(F)C(C(F)(F)F)P(F)(F)(F)F.FC(F)(F)CC(F)(F)F. The molecular formula is C6H3F16P. The van der Waals surface area contributed by atoms with Crippen molar-refractivity contribution in [1.29, 1.82) is 0 Å². The van der Waals surface area contributed by atoms with Crippen LogP contribution in [0.5, 0.6) is 0 Å². The normalized spacial score (nSPS) is 16.5. The van der Waals surface area contributed by atoms with Crippen LogP contribution >= 0.6 is 7.85 Å². The van der Waals surface area contributed by atoms with Crippen LogP contribution in [-0.4, -0.2) is 30.4 Å². The van der Waals surface area contributed by atoms with E-state index in [1.807, 2.05) is 0 Å². The third-order valence-electron chi connectivity index (χ3n) is 1.41. The second-order valence-electron chi connectivity index (χ2n) is 3.67. The van der Waals surface area contributed by atoms with Gasteiger partial charge in [0.25, 0.3) is 0 Å². The summed E-state index contributed by atoms with van der Waals surface area (Å²) < 4.78 is 179. The molecule has 0 N–H and O–H groups in total. The van der Waals surface area contributed by atoms with Gasteiger partial charge < -0.3 is 0 Å². The van der Waals surface area contributed by atoms with E-state index < -0.39 is 44.6 Å². The minimum atomic E-state index is -9.78. The molecule has 0 aromatic carbocycles. The van der Waals surface area contributed by atoms with E-state index in [0.717, 1.165) is 0 Å². The molecule has 0 radical (unpaired) electrons. The Balaban J connectivity index is 0. The molecule has 144 valence electrons. The van der Waals surface area contributed by atoms with Gasteiger partial charge in [-0.3, -0.25) is 0 Å². The fourth-order valence-corrected chi connectivity index (χ4v) is 1.74. The van der Waals surface area contributed by atoms with Crippen molar-refractivity contribution in [2.75, 3.05) is 0 Å². The Morgan fingerprint density at radius 3 is 0.739 bits per heavy atom. The predicted molar refractivity (Wildman–Crippen MR) is 44.0 cm³/mol. The van der Waals surface area contributed by atoms with Crippen molar-refractivity contribution in [2.24, 2.45) is 0 Å². The summed E-state index contributed by atoms with van der Waals surface area (Å²) in [5.74, 6) is 0. The standard InChI is InChI=1S/C3HF10P.C3H2F6/c4-2(5,6)1(3(7,8)9)14(10,11,12)13;4-2(5,6)1-3(7,8)9/h1H;1H2. The maximum absolute atomic E-state index is 11.4. The van der Waals surface area contributed by atoms with E-state index in [1.165, 1.54) is 0 Å². The van der Waals surface area contributed by atoms with Gasteiger partial charge in [-0.1, -0.05) is 0 Å². The maximum Gasteiger partial charge on any atom is 0.397 e. The minimum Gasteiger partial charge on any atom is -0.171 e. The number of halogens is 16. The van der Waals surface area contributed by atoms with E-state index in [2.05, 4.69) is 0 Å². The van der Waals surface area contributed by atoms with Crippen molar-refractivity contribution in [3.63, 3.8) is 0 Å². The van der Waals surface area contributed by atoms with Crippen molar-refractivity contribution in [1.82, 2.24) is 0 Å². The smallest absolute Gasteiger partial charge is 0.171 e. The van der Waals surface area contributed by atoms with Crippen LogP contribution in [0.4, 0.5) is 69.5 Å². The van der Waals surface area contributed by atoms with Crippen LogP contribution in [0.15, 0.2) is 0 Å². The first kappa shape index (κ1) is 24.6. The van der Waals surface area contributed by atoms with Crippen molar-refractivity contribution < 1.29 is 69.5 Å². The molecular weight excluding hydrogens is 407 g/mol. The third kappa shape index (κ3) is 12.4. The van der Waals surface area contributed by atoms with Gasteiger partial charge in [-0.05, 0) is 0 Å². The Morgan fingerprint density at radius 1 is 0.522 bits per heavy atom. The maximum atomic E-state index is 11.4. The van der Waals surface area contributed by atoms with Gasteiger partial charge >= 0.3 is 81.3 Å². The summed E-state index contributed by atoms with van der Waals surface area (Å²) in [5, 5.41) is 0. The minimum absolute atomic E-state index is 2.71. The Bertz CT molecular complexity index is 336. The van der Waals surface area contributed by atoms with E-state index in [-0.39, 0.29) is 0 Å². The van der Waals surface area contributed by atoms with E-state index >= 15 is 0 Å². The molecule has 0 nitrogen and oxygen atoms in total. The molecule has 0 aromatic rings. The topological polar surface area (TPSA) is 0 Å². The number of hydrogen-bond donors (Lipinski definition) is 0. The average molecular weight is 410 g/mol. The van der Waals surface area contributed by atoms with E-state index in [4.69, 9.17) is 0 Å². The van der Waals surface area contributed by atoms with Gasteiger partial charge in [-0.25, -0.2) is 0 Å². The zero-order valence-electron chi connectivity index (χ0n) is 9.78. The first-order valence-corrected chi connectivity index (χ1v) is 6.36. The van der Waals surface area contributed by atoms with Gasteiger partial charge in [-0.2, -0.15) is 26.3 Å². The Labute approximate surface area is 115 Å². The van der Waals surface area contributed by atoms with Crippen molar-refractivity contribution in [2.45, 2.75) is 36.8 Å². The molecule has 0 aliphatic rings. The molecule has 0 spiro atoms. The molecule has 23 heavy (non-hydrogen) atoms. The number of hydrogen-bond acceptors (Lipinski definition) is 0. The van der Waals surface area contributed by atoms with Crippen molar-refractivity contribution in [3.8, 4) is 0 Å². The molecule has 0 aliphatic carbocycles. The zero-order chi connectivity index (χ0) is 19.7. The Morgan fingerprint density at radius 2 is 0.739 bits per heavy atom. The van der Waals surface area contributed by atoms with Gasteiger partial charge in [0.1, 0.15) is 6.42 Å². The van der Waals surface area contributed by atoms with Crippen LogP contribution < -0.4 is 0 Å². The molecule has 0 fully saturated rings. The predicted octanol–water partition coefficient (Wildman–Crippen LogP) is 7.07. The summed E-state index contributed by atoms with van der Waals surface area (Å²) in [6.07, 6.45) is -26.4. The Hall–Kier alpha value is -0.690. The fourth-order valence-electron chi connectivity index (χ4n) is 0.855. The Kier molecular flexibility index (Phi) is 6.74. The first-order chi connectivity index (χ1) is 9.33. The summed E-state index contributed by atoms with van der Waals surface area (Å²) in [5.41, 5.74) is -5.86. The molecule has 0 unspecified atom stereocenters. The summed E-state index contributed by atoms with van der Waals surface area (Å²) in [6.45, 7) is 0. The molecule has 0 bridgehead atoms. The second kappa shape index (κ2) is 6.31. The second-order valence-corrected chi connectivity index (χ2v) is 5.73. The van der Waals surface area contributed by atoms with Gasteiger partial charge in [0.05, 0.1) is 0 Å². The summed E-state index contributed by atoms with van der Waals surface area (Å²) >= 11 is 0. The molecule has 0 aliphatic heterocycles. The molecule has 17 heteroatoms. The zero-order valence-corrected chi connectivity index (χ0v) is 10.7. The van der Waals surface area contributed by atoms with Crippen LogP contribution in [0.1, 0.15) is 6.42 Å². The molecule has 0 rings (SSSR count). The van der Waals surface area contributed by atoms with Gasteiger partial charge in [0, 0.05) is 0 Å². The van der Waals surface area contributed by atoms with E-state index in [0.29, 0.717) is 0 Å². The molecule has 0 saturated carbocycles. The average Bonchev–Trinajstić information content (AvgIpc) is 1.80. The van der Waals surface area contributed by atoms with Crippen LogP contribution in [-0.2, 0) is 0 Å². The third-order valence-corrected chi connectivity index (χ3v) is 2.78.